The first-order valence-electron chi connectivity index (χ1n) is 9.82. The van der Waals surface area contributed by atoms with Gasteiger partial charge in [-0.1, -0.05) is 37.3 Å². The normalized spacial score (nSPS) is 17.8. The lowest BCUT2D eigenvalue weighted by molar-refractivity contribution is -0.122. The second-order valence-electron chi connectivity index (χ2n) is 7.13. The van der Waals surface area contributed by atoms with Crippen molar-refractivity contribution in [1.29, 1.82) is 0 Å². The van der Waals surface area contributed by atoms with Crippen molar-refractivity contribution >= 4 is 11.6 Å². The molecule has 2 atom stereocenters. The van der Waals surface area contributed by atoms with Crippen LogP contribution in [0.3, 0.4) is 0 Å². The van der Waals surface area contributed by atoms with Gasteiger partial charge in [0.2, 0.25) is 5.91 Å². The van der Waals surface area contributed by atoms with Gasteiger partial charge in [-0.25, -0.2) is 4.39 Å². The first-order valence-corrected chi connectivity index (χ1v) is 9.82. The Labute approximate surface area is 165 Å². The lowest BCUT2D eigenvalue weighted by Crippen LogP contribution is -2.53. The van der Waals surface area contributed by atoms with E-state index in [9.17, 15) is 14.3 Å². The molecular weight excluding hydrogens is 357 g/mol. The number of nitrogens with zero attached hydrogens (tertiary/aromatic N) is 2. The Balaban J connectivity index is 1.75. The van der Waals surface area contributed by atoms with Crippen LogP contribution in [0.25, 0.3) is 0 Å². The van der Waals surface area contributed by atoms with Crippen molar-refractivity contribution in [2.75, 3.05) is 38.1 Å². The highest BCUT2D eigenvalue weighted by Gasteiger charge is 2.31. The molecule has 1 amide bonds. The van der Waals surface area contributed by atoms with E-state index in [2.05, 4.69) is 22.0 Å². The maximum absolute atomic E-state index is 13.2. The van der Waals surface area contributed by atoms with E-state index in [1.54, 1.807) is 12.1 Å². The minimum Gasteiger partial charge on any atom is -0.395 e. The number of piperazine rings is 1. The molecule has 0 spiro atoms. The molecule has 0 saturated carbocycles. The smallest absolute Gasteiger partial charge is 0.246 e. The molecule has 0 aromatic heterocycles. The van der Waals surface area contributed by atoms with Gasteiger partial charge in [0.25, 0.3) is 0 Å². The van der Waals surface area contributed by atoms with Crippen LogP contribution in [0.5, 0.6) is 0 Å². The van der Waals surface area contributed by atoms with Crippen LogP contribution in [0.2, 0.25) is 0 Å². The van der Waals surface area contributed by atoms with E-state index in [0.29, 0.717) is 5.69 Å². The second kappa shape index (κ2) is 9.78. The maximum Gasteiger partial charge on any atom is 0.246 e. The zero-order valence-electron chi connectivity index (χ0n) is 16.2. The van der Waals surface area contributed by atoms with Gasteiger partial charge in [0.1, 0.15) is 11.9 Å². The molecule has 3 rings (SSSR count). The van der Waals surface area contributed by atoms with Gasteiger partial charge < -0.3 is 10.4 Å². The summed E-state index contributed by atoms with van der Waals surface area (Å²) in [6.45, 7) is 5.35. The number of rotatable bonds is 7. The first kappa shape index (κ1) is 20.5. The third kappa shape index (κ3) is 4.95. The van der Waals surface area contributed by atoms with Crippen LogP contribution >= 0.6 is 0 Å². The van der Waals surface area contributed by atoms with Crippen molar-refractivity contribution in [1.82, 2.24) is 9.80 Å². The number of nitrogens with one attached hydrogen (secondary N) is 1. The number of benzene rings is 2. The van der Waals surface area contributed by atoms with Gasteiger partial charge in [-0.05, 0) is 36.2 Å². The summed E-state index contributed by atoms with van der Waals surface area (Å²) in [5.41, 5.74) is 1.52. The van der Waals surface area contributed by atoms with Gasteiger partial charge >= 0.3 is 0 Å². The third-order valence-corrected chi connectivity index (χ3v) is 5.39. The molecule has 0 aliphatic carbocycles. The van der Waals surface area contributed by atoms with Crippen molar-refractivity contribution in [3.8, 4) is 0 Å². The summed E-state index contributed by atoms with van der Waals surface area (Å²) < 4.78 is 13.2. The highest BCUT2D eigenvalue weighted by atomic mass is 19.1. The van der Waals surface area contributed by atoms with Crippen molar-refractivity contribution in [2.24, 2.45) is 0 Å². The molecule has 150 valence electrons. The van der Waals surface area contributed by atoms with Gasteiger partial charge in [-0.3, -0.25) is 14.6 Å². The van der Waals surface area contributed by atoms with Gasteiger partial charge in [-0.2, -0.15) is 0 Å². The molecule has 1 aliphatic heterocycles. The van der Waals surface area contributed by atoms with Gasteiger partial charge in [0.15, 0.2) is 0 Å². The summed E-state index contributed by atoms with van der Waals surface area (Å²) in [6.07, 6.45) is 0.906. The molecular formula is C22H28FN3O2. The number of hydrogen-bond acceptors (Lipinski definition) is 4. The SMILES string of the molecule is CCC(CO)N1CCN(C(C(=O)Nc2ccc(F)cc2)c2ccccc2)CC1. The van der Waals surface area contributed by atoms with Gasteiger partial charge in [0.05, 0.1) is 6.61 Å². The molecule has 28 heavy (non-hydrogen) atoms. The van der Waals surface area contributed by atoms with Crippen molar-refractivity contribution < 1.29 is 14.3 Å². The highest BCUT2D eigenvalue weighted by Crippen LogP contribution is 2.25. The number of carbonyl (C=O) groups is 1. The quantitative estimate of drug-likeness (QED) is 0.770. The summed E-state index contributed by atoms with van der Waals surface area (Å²) in [6, 6.07) is 15.3. The Kier molecular flexibility index (Phi) is 7.14. The predicted molar refractivity (Wildman–Crippen MR) is 109 cm³/mol. The van der Waals surface area contributed by atoms with E-state index in [1.807, 2.05) is 30.3 Å². The molecule has 0 bridgehead atoms. The minimum atomic E-state index is -0.414. The molecule has 2 aromatic rings. The summed E-state index contributed by atoms with van der Waals surface area (Å²) in [5.74, 6) is -0.455. The Morgan fingerprint density at radius 1 is 1.04 bits per heavy atom. The zero-order chi connectivity index (χ0) is 19.9. The molecule has 5 nitrogen and oxygen atoms in total. The molecule has 2 N–H and O–H groups in total. The fraction of sp³-hybridized carbons (Fsp3) is 0.409. The number of carbonyl (C=O) groups excluding carboxylic acids is 1. The molecule has 6 heteroatoms. The monoisotopic (exact) mass is 385 g/mol. The van der Waals surface area contributed by atoms with Crippen LogP contribution in [-0.2, 0) is 4.79 Å². The van der Waals surface area contributed by atoms with E-state index in [1.165, 1.54) is 12.1 Å². The number of halogens is 1. The summed E-state index contributed by atoms with van der Waals surface area (Å²) in [5, 5.41) is 12.5. The number of aliphatic hydroxyl groups excluding tert-OH is 1. The zero-order valence-corrected chi connectivity index (χ0v) is 16.2. The summed E-state index contributed by atoms with van der Waals surface area (Å²) in [4.78, 5) is 17.6. The minimum absolute atomic E-state index is 0.125. The first-order chi connectivity index (χ1) is 13.6. The van der Waals surface area contributed by atoms with Crippen LogP contribution in [-0.4, -0.2) is 59.6 Å². The molecule has 2 aromatic carbocycles. The molecule has 1 fully saturated rings. The van der Waals surface area contributed by atoms with Crippen molar-refractivity contribution in [2.45, 2.75) is 25.4 Å². The second-order valence-corrected chi connectivity index (χ2v) is 7.13. The van der Waals surface area contributed by atoms with Crippen LogP contribution in [0, 0.1) is 5.82 Å². The van der Waals surface area contributed by atoms with Crippen molar-refractivity contribution in [3.05, 3.63) is 66.0 Å². The predicted octanol–water partition coefficient (Wildman–Crippen LogP) is 2.89. The van der Waals surface area contributed by atoms with E-state index in [0.717, 1.165) is 38.2 Å². The van der Waals surface area contributed by atoms with Crippen LogP contribution in [0.15, 0.2) is 54.6 Å². The van der Waals surface area contributed by atoms with E-state index in [4.69, 9.17) is 0 Å². The van der Waals surface area contributed by atoms with Crippen LogP contribution < -0.4 is 5.32 Å². The number of anilines is 1. The maximum atomic E-state index is 13.2. The number of amides is 1. The Bertz CT molecular complexity index is 742. The Hall–Kier alpha value is -2.28. The largest absolute Gasteiger partial charge is 0.395 e. The molecule has 1 aliphatic rings. The van der Waals surface area contributed by atoms with Crippen molar-refractivity contribution in [3.63, 3.8) is 0 Å². The summed E-state index contributed by atoms with van der Waals surface area (Å²) >= 11 is 0. The number of aliphatic hydroxyl groups is 1. The Morgan fingerprint density at radius 3 is 2.21 bits per heavy atom. The summed E-state index contributed by atoms with van der Waals surface area (Å²) in [7, 11) is 0. The molecule has 0 radical (unpaired) electrons. The fourth-order valence-corrected chi connectivity index (χ4v) is 3.77. The molecule has 1 heterocycles. The van der Waals surface area contributed by atoms with Crippen LogP contribution in [0.1, 0.15) is 24.9 Å². The molecule has 1 saturated heterocycles. The lowest BCUT2D eigenvalue weighted by atomic mass is 10.0. The van der Waals surface area contributed by atoms with E-state index < -0.39 is 6.04 Å². The molecule has 2 unspecified atom stereocenters. The average Bonchev–Trinajstić information content (AvgIpc) is 2.73. The standard InChI is InChI=1S/C22H28FN3O2/c1-2-20(16-27)25-12-14-26(15-13-25)21(17-6-4-3-5-7-17)22(28)24-19-10-8-18(23)9-11-19/h3-11,20-21,27H,2,12-16H2,1H3,(H,24,28). The Morgan fingerprint density at radius 2 is 1.64 bits per heavy atom. The van der Waals surface area contributed by atoms with Gasteiger partial charge in [0, 0.05) is 37.9 Å². The third-order valence-electron chi connectivity index (χ3n) is 5.39. The lowest BCUT2D eigenvalue weighted by Gasteiger charge is -2.41. The van der Waals surface area contributed by atoms with E-state index in [-0.39, 0.29) is 24.4 Å². The van der Waals surface area contributed by atoms with Crippen LogP contribution in [0.4, 0.5) is 10.1 Å². The average molecular weight is 385 g/mol. The van der Waals surface area contributed by atoms with E-state index >= 15 is 0 Å². The van der Waals surface area contributed by atoms with Gasteiger partial charge in [-0.15, -0.1) is 0 Å². The fourth-order valence-electron chi connectivity index (χ4n) is 3.77. The number of hydrogen-bond donors (Lipinski definition) is 2. The topological polar surface area (TPSA) is 55.8 Å². The highest BCUT2D eigenvalue weighted by molar-refractivity contribution is 5.95.